The summed E-state index contributed by atoms with van der Waals surface area (Å²) in [6, 6.07) is -0.120. The van der Waals surface area contributed by atoms with E-state index in [-0.39, 0.29) is 11.9 Å². The number of hydrogen-bond donors (Lipinski definition) is 1. The van der Waals surface area contributed by atoms with E-state index in [0.29, 0.717) is 5.69 Å². The maximum atomic E-state index is 12.5. The fourth-order valence-electron chi connectivity index (χ4n) is 2.37. The largest absolute Gasteiger partial charge is 0.383 e. The second kappa shape index (κ2) is 7.84. The molecule has 21 heavy (non-hydrogen) atoms. The fourth-order valence-corrected chi connectivity index (χ4v) is 3.13. The molecule has 1 aromatic rings. The molecule has 1 fully saturated rings. The summed E-state index contributed by atoms with van der Waals surface area (Å²) in [5.41, 5.74) is 6.33. The third kappa shape index (κ3) is 4.47. The summed E-state index contributed by atoms with van der Waals surface area (Å²) in [4.78, 5) is 21.1. The summed E-state index contributed by atoms with van der Waals surface area (Å²) < 4.78 is 5.11. The van der Waals surface area contributed by atoms with E-state index < -0.39 is 0 Å². The molecular formula is C14H24N4O2S. The number of methoxy groups -OCH3 is 1. The van der Waals surface area contributed by atoms with Gasteiger partial charge in [0.05, 0.1) is 12.6 Å². The van der Waals surface area contributed by atoms with Crippen molar-refractivity contribution in [3.63, 3.8) is 0 Å². The minimum atomic E-state index is -0.120. The Balaban J connectivity index is 1.93. The van der Waals surface area contributed by atoms with Crippen molar-refractivity contribution >= 4 is 17.2 Å². The fraction of sp³-hybridized carbons (Fsp3) is 0.714. The molecule has 2 heterocycles. The lowest BCUT2D eigenvalue weighted by Gasteiger charge is -2.21. The van der Waals surface area contributed by atoms with E-state index >= 15 is 0 Å². The first kappa shape index (κ1) is 16.4. The van der Waals surface area contributed by atoms with Crippen LogP contribution in [0.2, 0.25) is 0 Å². The van der Waals surface area contributed by atoms with E-state index in [2.05, 4.69) is 9.88 Å². The highest BCUT2D eigenvalue weighted by Gasteiger charge is 2.22. The number of carbonyl (C=O) groups excluding carboxylic acids is 1. The van der Waals surface area contributed by atoms with Crippen molar-refractivity contribution in [1.82, 2.24) is 14.8 Å². The highest BCUT2D eigenvalue weighted by atomic mass is 32.1. The van der Waals surface area contributed by atoms with Gasteiger partial charge in [-0.2, -0.15) is 0 Å². The molecule has 1 aromatic heterocycles. The first-order valence-corrected chi connectivity index (χ1v) is 8.21. The maximum absolute atomic E-state index is 12.5. The lowest BCUT2D eigenvalue weighted by Crippen LogP contribution is -2.36. The summed E-state index contributed by atoms with van der Waals surface area (Å²) in [6.07, 6.45) is 0.986. The predicted molar refractivity (Wildman–Crippen MR) is 83.6 cm³/mol. The lowest BCUT2D eigenvalue weighted by molar-refractivity contribution is 0.0754. The van der Waals surface area contributed by atoms with Gasteiger partial charge < -0.3 is 15.4 Å². The Morgan fingerprint density at radius 3 is 2.95 bits per heavy atom. The molecule has 6 nitrogen and oxygen atoms in total. The van der Waals surface area contributed by atoms with Crippen LogP contribution in [-0.2, 0) is 4.74 Å². The lowest BCUT2D eigenvalue weighted by atomic mass is 10.3. The summed E-state index contributed by atoms with van der Waals surface area (Å²) in [7, 11) is 1.71. The van der Waals surface area contributed by atoms with E-state index in [0.717, 1.165) is 50.8 Å². The highest BCUT2D eigenvalue weighted by molar-refractivity contribution is 7.09. The zero-order chi connectivity index (χ0) is 15.2. The number of ether oxygens (including phenoxy) is 1. The average molecular weight is 312 g/mol. The molecule has 1 atom stereocenters. The van der Waals surface area contributed by atoms with Crippen molar-refractivity contribution < 1.29 is 9.53 Å². The molecule has 1 aliphatic rings. The molecule has 0 radical (unpaired) electrons. The molecule has 1 saturated heterocycles. The number of aromatic nitrogens is 1. The zero-order valence-corrected chi connectivity index (χ0v) is 13.6. The Bertz CT molecular complexity index is 464. The van der Waals surface area contributed by atoms with Gasteiger partial charge in [-0.05, 0) is 19.9 Å². The van der Waals surface area contributed by atoms with Crippen molar-refractivity contribution in [2.75, 3.05) is 46.4 Å². The van der Waals surface area contributed by atoms with Crippen LogP contribution in [0.15, 0.2) is 5.38 Å². The Kier molecular flexibility index (Phi) is 6.10. The van der Waals surface area contributed by atoms with Crippen LogP contribution in [0.4, 0.5) is 0 Å². The third-order valence-corrected chi connectivity index (χ3v) is 4.66. The second-order valence-corrected chi connectivity index (χ2v) is 6.23. The normalized spacial score (nSPS) is 18.5. The van der Waals surface area contributed by atoms with Crippen LogP contribution in [-0.4, -0.2) is 67.1 Å². The van der Waals surface area contributed by atoms with Crippen LogP contribution < -0.4 is 5.73 Å². The van der Waals surface area contributed by atoms with E-state index in [9.17, 15) is 4.79 Å². The monoisotopic (exact) mass is 312 g/mol. The van der Waals surface area contributed by atoms with E-state index in [1.54, 1.807) is 7.11 Å². The van der Waals surface area contributed by atoms with Crippen molar-refractivity contribution in [3.8, 4) is 0 Å². The third-order valence-electron chi connectivity index (χ3n) is 3.62. The molecule has 0 aromatic carbocycles. The minimum absolute atomic E-state index is 0.0201. The number of nitrogens with two attached hydrogens (primary N) is 1. The Morgan fingerprint density at radius 1 is 1.48 bits per heavy atom. The molecule has 0 saturated carbocycles. The van der Waals surface area contributed by atoms with Gasteiger partial charge >= 0.3 is 0 Å². The summed E-state index contributed by atoms with van der Waals surface area (Å²) in [5, 5.41) is 2.63. The van der Waals surface area contributed by atoms with Gasteiger partial charge in [-0.15, -0.1) is 11.3 Å². The van der Waals surface area contributed by atoms with Gasteiger partial charge in [0, 0.05) is 38.7 Å². The first-order chi connectivity index (χ1) is 10.1. The first-order valence-electron chi connectivity index (χ1n) is 7.33. The summed E-state index contributed by atoms with van der Waals surface area (Å²) in [6.45, 7) is 6.96. The number of hydrogen-bond acceptors (Lipinski definition) is 6. The topological polar surface area (TPSA) is 71.7 Å². The van der Waals surface area contributed by atoms with Crippen molar-refractivity contribution in [1.29, 1.82) is 0 Å². The van der Waals surface area contributed by atoms with E-state index in [4.69, 9.17) is 10.5 Å². The van der Waals surface area contributed by atoms with Crippen LogP contribution in [0, 0.1) is 0 Å². The Morgan fingerprint density at radius 2 is 2.29 bits per heavy atom. The van der Waals surface area contributed by atoms with E-state index in [1.165, 1.54) is 11.3 Å². The number of carbonyl (C=O) groups is 1. The van der Waals surface area contributed by atoms with Crippen LogP contribution in [0.5, 0.6) is 0 Å². The molecule has 0 bridgehead atoms. The van der Waals surface area contributed by atoms with Gasteiger partial charge in [0.15, 0.2) is 0 Å². The number of amides is 1. The number of rotatable bonds is 5. The summed E-state index contributed by atoms with van der Waals surface area (Å²) in [5.74, 6) is 0.0201. The average Bonchev–Trinajstić information content (AvgIpc) is 2.85. The molecular weight excluding hydrogens is 288 g/mol. The van der Waals surface area contributed by atoms with Gasteiger partial charge in [-0.25, -0.2) is 4.98 Å². The molecule has 1 amide bonds. The van der Waals surface area contributed by atoms with Gasteiger partial charge in [-0.3, -0.25) is 9.69 Å². The van der Waals surface area contributed by atoms with E-state index in [1.807, 2.05) is 17.2 Å². The van der Waals surface area contributed by atoms with Gasteiger partial charge in [0.25, 0.3) is 5.91 Å². The number of nitrogens with zero attached hydrogens (tertiary/aromatic N) is 3. The Hall–Kier alpha value is -1.02. The van der Waals surface area contributed by atoms with Gasteiger partial charge in [0.1, 0.15) is 10.7 Å². The zero-order valence-electron chi connectivity index (χ0n) is 12.7. The van der Waals surface area contributed by atoms with Crippen LogP contribution in [0.25, 0.3) is 0 Å². The standard InChI is InChI=1S/C14H24N4O2S/c1-11(15)13-16-12(10-21-13)14(19)18-5-3-4-17(6-7-18)8-9-20-2/h10-11H,3-9,15H2,1-2H3. The molecule has 1 unspecified atom stereocenters. The molecule has 2 N–H and O–H groups in total. The van der Waals surface area contributed by atoms with Gasteiger partial charge in [-0.1, -0.05) is 0 Å². The van der Waals surface area contributed by atoms with Crippen LogP contribution in [0.3, 0.4) is 0 Å². The molecule has 0 spiro atoms. The molecule has 1 aliphatic heterocycles. The highest BCUT2D eigenvalue weighted by Crippen LogP contribution is 2.17. The molecule has 0 aliphatic carbocycles. The summed E-state index contributed by atoms with van der Waals surface area (Å²) >= 11 is 1.46. The predicted octanol–water partition coefficient (Wildman–Crippen LogP) is 0.957. The van der Waals surface area contributed by atoms with Gasteiger partial charge in [0.2, 0.25) is 0 Å². The maximum Gasteiger partial charge on any atom is 0.273 e. The van der Waals surface area contributed by atoms with Crippen LogP contribution in [0.1, 0.15) is 34.9 Å². The molecule has 118 valence electrons. The quantitative estimate of drug-likeness (QED) is 0.877. The second-order valence-electron chi connectivity index (χ2n) is 5.34. The number of thiazole rings is 1. The minimum Gasteiger partial charge on any atom is -0.383 e. The van der Waals surface area contributed by atoms with Crippen molar-refractivity contribution in [3.05, 3.63) is 16.1 Å². The van der Waals surface area contributed by atoms with Crippen molar-refractivity contribution in [2.24, 2.45) is 5.73 Å². The molecule has 7 heteroatoms. The van der Waals surface area contributed by atoms with Crippen molar-refractivity contribution in [2.45, 2.75) is 19.4 Å². The SMILES string of the molecule is COCCN1CCCN(C(=O)c2csc(C(C)N)n2)CC1. The molecule has 2 rings (SSSR count). The smallest absolute Gasteiger partial charge is 0.273 e. The van der Waals surface area contributed by atoms with Crippen LogP contribution >= 0.6 is 11.3 Å². The Labute approximate surface area is 129 Å².